The molecule has 8 nitrogen and oxygen atoms in total. The minimum absolute atomic E-state index is 0.284. The van der Waals surface area contributed by atoms with Gasteiger partial charge in [-0.25, -0.2) is 14.2 Å². The van der Waals surface area contributed by atoms with Gasteiger partial charge in [0.2, 0.25) is 11.6 Å². The number of ether oxygens (including phenoxy) is 1. The third kappa shape index (κ3) is 2.48. The Hall–Kier alpha value is -2.28. The van der Waals surface area contributed by atoms with Crippen LogP contribution in [-0.4, -0.2) is 48.7 Å². The molecule has 118 valence electrons. The number of alkyl halides is 1. The smallest absolute Gasteiger partial charge is 0.354 e. The monoisotopic (exact) mass is 310 g/mol. The largest absolute Gasteiger partial charge is 0.386 e. The van der Waals surface area contributed by atoms with Crippen molar-refractivity contribution in [2.24, 2.45) is 0 Å². The van der Waals surface area contributed by atoms with Gasteiger partial charge in [0.25, 0.3) is 0 Å². The summed E-state index contributed by atoms with van der Waals surface area (Å²) in [5.41, 5.74) is 1.73. The van der Waals surface area contributed by atoms with Gasteiger partial charge in [-0.15, -0.1) is 12.5 Å². The lowest BCUT2D eigenvalue weighted by molar-refractivity contribution is -0.0728. The van der Waals surface area contributed by atoms with Gasteiger partial charge in [-0.3, -0.25) is 4.57 Å². The molecule has 22 heavy (non-hydrogen) atoms. The van der Waals surface area contributed by atoms with E-state index in [9.17, 15) is 15.0 Å². The average Bonchev–Trinajstić information content (AvgIpc) is 2.72. The van der Waals surface area contributed by atoms with Crippen molar-refractivity contribution in [2.75, 3.05) is 5.73 Å². The van der Waals surface area contributed by atoms with E-state index >= 15 is 4.39 Å². The molecule has 1 aromatic heterocycles. The van der Waals surface area contributed by atoms with Crippen LogP contribution in [0.4, 0.5) is 10.3 Å². The molecule has 2 heterocycles. The zero-order valence-electron chi connectivity index (χ0n) is 11.7. The number of aromatic nitrogens is 3. The standard InChI is InChI=1S/C13H15FN4O4/c1-3-5-13(14)9(20)8(7(19)4-2)22-10(13)18-6-16-11(15)17-12(18)21/h4,6-10,19-20H,2H2,1H3,(H2,15,17,21)/t7-,8-,9?,10-,13?/m1/s1. The van der Waals surface area contributed by atoms with E-state index in [2.05, 4.69) is 28.4 Å². The highest BCUT2D eigenvalue weighted by atomic mass is 19.1. The highest BCUT2D eigenvalue weighted by molar-refractivity contribution is 5.24. The lowest BCUT2D eigenvalue weighted by Gasteiger charge is -2.23. The summed E-state index contributed by atoms with van der Waals surface area (Å²) < 4.78 is 21.2. The molecule has 1 saturated heterocycles. The van der Waals surface area contributed by atoms with Gasteiger partial charge in [-0.1, -0.05) is 12.0 Å². The predicted molar refractivity (Wildman–Crippen MR) is 74.1 cm³/mol. The number of hydrogen-bond donors (Lipinski definition) is 3. The first-order valence-corrected chi connectivity index (χ1v) is 6.32. The minimum atomic E-state index is -2.63. The van der Waals surface area contributed by atoms with Crippen molar-refractivity contribution in [2.45, 2.75) is 37.1 Å². The third-order valence-electron chi connectivity index (χ3n) is 3.28. The van der Waals surface area contributed by atoms with E-state index in [1.54, 1.807) is 0 Å². The molecule has 1 fully saturated rings. The Labute approximate surface area is 125 Å². The molecular formula is C13H15FN4O4. The van der Waals surface area contributed by atoms with E-state index in [0.717, 1.165) is 17.0 Å². The Morgan fingerprint density at radius 2 is 2.41 bits per heavy atom. The van der Waals surface area contributed by atoms with Crippen molar-refractivity contribution in [1.82, 2.24) is 14.5 Å². The van der Waals surface area contributed by atoms with Crippen LogP contribution in [0, 0.1) is 11.8 Å². The van der Waals surface area contributed by atoms with Crippen LogP contribution >= 0.6 is 0 Å². The molecule has 0 aromatic carbocycles. The topological polar surface area (TPSA) is 123 Å². The Kier molecular flexibility index (Phi) is 4.27. The predicted octanol–water partition coefficient (Wildman–Crippen LogP) is -1.24. The lowest BCUT2D eigenvalue weighted by Crippen LogP contribution is -2.45. The number of aliphatic hydroxyl groups is 2. The Morgan fingerprint density at radius 3 is 2.95 bits per heavy atom. The van der Waals surface area contributed by atoms with Gasteiger partial charge in [0.05, 0.1) is 0 Å². The van der Waals surface area contributed by atoms with Crippen molar-refractivity contribution in [3.05, 3.63) is 29.5 Å². The highest BCUT2D eigenvalue weighted by Gasteiger charge is 2.59. The molecule has 4 N–H and O–H groups in total. The molecule has 0 spiro atoms. The summed E-state index contributed by atoms with van der Waals surface area (Å²) in [7, 11) is 0. The van der Waals surface area contributed by atoms with Crippen LogP contribution in [0.1, 0.15) is 13.2 Å². The van der Waals surface area contributed by atoms with E-state index in [0.29, 0.717) is 0 Å². The Morgan fingerprint density at radius 1 is 1.73 bits per heavy atom. The maximum atomic E-state index is 15.1. The number of nitrogens with zero attached hydrogens (tertiary/aromatic N) is 3. The molecule has 1 aliphatic heterocycles. The summed E-state index contributed by atoms with van der Waals surface area (Å²) in [6.45, 7) is 4.72. The summed E-state index contributed by atoms with van der Waals surface area (Å²) >= 11 is 0. The molecule has 0 saturated carbocycles. The number of nitrogen functional groups attached to an aromatic ring is 1. The van der Waals surface area contributed by atoms with Crippen LogP contribution in [-0.2, 0) is 4.74 Å². The van der Waals surface area contributed by atoms with Crippen LogP contribution in [0.2, 0.25) is 0 Å². The molecule has 1 aromatic rings. The fraction of sp³-hybridized carbons (Fsp3) is 0.462. The molecule has 2 unspecified atom stereocenters. The van der Waals surface area contributed by atoms with Crippen molar-refractivity contribution in [3.8, 4) is 11.8 Å². The first-order chi connectivity index (χ1) is 10.3. The van der Waals surface area contributed by atoms with E-state index in [4.69, 9.17) is 10.5 Å². The van der Waals surface area contributed by atoms with Crippen molar-refractivity contribution < 1.29 is 19.3 Å². The zero-order valence-corrected chi connectivity index (χ0v) is 11.7. The number of halogens is 1. The minimum Gasteiger partial charge on any atom is -0.386 e. The summed E-state index contributed by atoms with van der Waals surface area (Å²) in [6, 6.07) is 0. The molecular weight excluding hydrogens is 295 g/mol. The van der Waals surface area contributed by atoms with Gasteiger partial charge in [0.15, 0.2) is 6.23 Å². The molecule has 9 heteroatoms. The SMILES string of the molecule is C=C[C@@H](O)[C@H]1O[C@@H](n2cnc(N)nc2=O)C(F)(C#CC)C1O. The summed E-state index contributed by atoms with van der Waals surface area (Å²) in [5.74, 6) is 4.24. The highest BCUT2D eigenvalue weighted by Crippen LogP contribution is 2.41. The fourth-order valence-corrected chi connectivity index (χ4v) is 2.22. The van der Waals surface area contributed by atoms with Crippen LogP contribution < -0.4 is 11.4 Å². The maximum Gasteiger partial charge on any atom is 0.354 e. The zero-order chi connectivity index (χ0) is 16.5. The maximum absolute atomic E-state index is 15.1. The number of anilines is 1. The van der Waals surface area contributed by atoms with Gasteiger partial charge in [-0.05, 0) is 6.92 Å². The number of rotatable bonds is 3. The fourth-order valence-electron chi connectivity index (χ4n) is 2.22. The second kappa shape index (κ2) is 5.84. The molecule has 1 aliphatic rings. The van der Waals surface area contributed by atoms with E-state index < -0.39 is 35.9 Å². The van der Waals surface area contributed by atoms with Crippen molar-refractivity contribution >= 4 is 5.95 Å². The average molecular weight is 310 g/mol. The van der Waals surface area contributed by atoms with Gasteiger partial charge in [0.1, 0.15) is 24.6 Å². The normalized spacial score (nSPS) is 32.1. The van der Waals surface area contributed by atoms with Gasteiger partial charge < -0.3 is 20.7 Å². The first-order valence-electron chi connectivity index (χ1n) is 6.32. The third-order valence-corrected chi connectivity index (χ3v) is 3.28. The van der Waals surface area contributed by atoms with Crippen LogP contribution in [0.25, 0.3) is 0 Å². The summed E-state index contributed by atoms with van der Waals surface area (Å²) in [4.78, 5) is 18.8. The second-order valence-corrected chi connectivity index (χ2v) is 4.67. The van der Waals surface area contributed by atoms with Crippen LogP contribution in [0.5, 0.6) is 0 Å². The van der Waals surface area contributed by atoms with Crippen molar-refractivity contribution in [3.63, 3.8) is 0 Å². The number of hydrogen-bond acceptors (Lipinski definition) is 7. The van der Waals surface area contributed by atoms with Gasteiger partial charge in [-0.2, -0.15) is 4.98 Å². The number of nitrogens with two attached hydrogens (primary N) is 1. The first kappa shape index (κ1) is 16.1. The molecule has 0 bridgehead atoms. The molecule has 0 amide bonds. The molecule has 0 aliphatic carbocycles. The Bertz CT molecular complexity index is 697. The Balaban J connectivity index is 2.54. The molecule has 0 radical (unpaired) electrons. The molecule has 2 rings (SSSR count). The van der Waals surface area contributed by atoms with Crippen LogP contribution in [0.15, 0.2) is 23.8 Å². The number of aliphatic hydroxyl groups excluding tert-OH is 2. The quantitative estimate of drug-likeness (QED) is 0.471. The van der Waals surface area contributed by atoms with E-state index in [-0.39, 0.29) is 5.95 Å². The van der Waals surface area contributed by atoms with E-state index in [1.165, 1.54) is 6.92 Å². The molecule has 5 atom stereocenters. The van der Waals surface area contributed by atoms with Gasteiger partial charge >= 0.3 is 5.69 Å². The van der Waals surface area contributed by atoms with Gasteiger partial charge in [0, 0.05) is 0 Å². The summed E-state index contributed by atoms with van der Waals surface area (Å²) in [6.07, 6.45) is -4.11. The van der Waals surface area contributed by atoms with Crippen LogP contribution in [0.3, 0.4) is 0 Å². The second-order valence-electron chi connectivity index (χ2n) is 4.67. The summed E-state index contributed by atoms with van der Waals surface area (Å²) in [5, 5.41) is 19.9. The van der Waals surface area contributed by atoms with E-state index in [1.807, 2.05) is 0 Å². The van der Waals surface area contributed by atoms with Crippen molar-refractivity contribution in [1.29, 1.82) is 0 Å². The lowest BCUT2D eigenvalue weighted by atomic mass is 9.94.